The Kier molecular flexibility index (Phi) is 2.81. The van der Waals surface area contributed by atoms with Crippen LogP contribution in [0.4, 0.5) is 5.69 Å². The van der Waals surface area contributed by atoms with Gasteiger partial charge in [-0.15, -0.1) is 0 Å². The lowest BCUT2D eigenvalue weighted by Crippen LogP contribution is -2.27. The molecule has 1 aliphatic rings. The lowest BCUT2D eigenvalue weighted by molar-refractivity contribution is -0.120. The number of aromatic nitrogens is 2. The van der Waals surface area contributed by atoms with Gasteiger partial charge in [-0.05, 0) is 31.0 Å². The molecule has 1 saturated carbocycles. The highest BCUT2D eigenvalue weighted by molar-refractivity contribution is 5.94. The third-order valence-corrected chi connectivity index (χ3v) is 3.69. The first-order valence-electron chi connectivity index (χ1n) is 6.44. The number of hydrogen-bond acceptors (Lipinski definition) is 4. The molecule has 0 amide bonds. The van der Waals surface area contributed by atoms with Crippen molar-refractivity contribution in [2.75, 3.05) is 5.73 Å². The largest absolute Gasteiger partial charge is 0.399 e. The number of anilines is 1. The molecular formula is C14H15N3O2. The molecule has 0 aliphatic heterocycles. The Morgan fingerprint density at radius 1 is 1.32 bits per heavy atom. The number of nitrogens with zero attached hydrogens (tertiary/aromatic N) is 2. The standard InChI is InChI=1S/C14H15N3O2/c15-11-3-6-13-10(7-11)8-16-17(13)14(19)9-1-4-12(18)5-2-9/h3,6-9H,1-2,4-5,15H2. The van der Waals surface area contributed by atoms with Gasteiger partial charge in [0.25, 0.3) is 5.91 Å². The van der Waals surface area contributed by atoms with Crippen molar-refractivity contribution in [2.24, 2.45) is 5.92 Å². The van der Waals surface area contributed by atoms with Crippen molar-refractivity contribution in [2.45, 2.75) is 25.7 Å². The van der Waals surface area contributed by atoms with Gasteiger partial charge in [0.1, 0.15) is 5.78 Å². The second-order valence-electron chi connectivity index (χ2n) is 5.03. The van der Waals surface area contributed by atoms with Crippen molar-refractivity contribution in [3.05, 3.63) is 24.4 Å². The van der Waals surface area contributed by atoms with Gasteiger partial charge in [0.15, 0.2) is 0 Å². The zero-order valence-electron chi connectivity index (χ0n) is 10.5. The van der Waals surface area contributed by atoms with Crippen LogP contribution in [0.3, 0.4) is 0 Å². The minimum absolute atomic E-state index is 0.0210. The molecule has 0 bridgehead atoms. The molecule has 0 spiro atoms. The highest BCUT2D eigenvalue weighted by atomic mass is 16.2. The maximum Gasteiger partial charge on any atom is 0.250 e. The Labute approximate surface area is 110 Å². The molecular weight excluding hydrogens is 242 g/mol. The van der Waals surface area contributed by atoms with Gasteiger partial charge in [-0.2, -0.15) is 9.78 Å². The summed E-state index contributed by atoms with van der Waals surface area (Å²) in [5, 5.41) is 5.02. The van der Waals surface area contributed by atoms with Gasteiger partial charge < -0.3 is 5.73 Å². The highest BCUT2D eigenvalue weighted by Gasteiger charge is 2.27. The third kappa shape index (κ3) is 2.12. The van der Waals surface area contributed by atoms with Crippen LogP contribution in [0.2, 0.25) is 0 Å². The minimum Gasteiger partial charge on any atom is -0.399 e. The van der Waals surface area contributed by atoms with Crippen LogP contribution in [0.1, 0.15) is 30.5 Å². The van der Waals surface area contributed by atoms with E-state index in [1.165, 1.54) is 4.68 Å². The molecule has 5 heteroatoms. The molecule has 19 heavy (non-hydrogen) atoms. The number of hydrogen-bond donors (Lipinski definition) is 1. The van der Waals surface area contributed by atoms with E-state index in [0.29, 0.717) is 31.4 Å². The van der Waals surface area contributed by atoms with E-state index in [0.717, 1.165) is 10.9 Å². The number of nitrogens with two attached hydrogens (primary N) is 1. The van der Waals surface area contributed by atoms with Crippen LogP contribution >= 0.6 is 0 Å². The molecule has 0 unspecified atom stereocenters. The number of nitrogen functional groups attached to an aromatic ring is 1. The number of rotatable bonds is 1. The summed E-state index contributed by atoms with van der Waals surface area (Å²) in [6.07, 6.45) is 3.92. The van der Waals surface area contributed by atoms with E-state index in [2.05, 4.69) is 5.10 Å². The molecule has 5 nitrogen and oxygen atoms in total. The SMILES string of the molecule is Nc1ccc2c(cnn2C(=O)C2CCC(=O)CC2)c1. The van der Waals surface area contributed by atoms with E-state index in [9.17, 15) is 9.59 Å². The summed E-state index contributed by atoms with van der Waals surface area (Å²) < 4.78 is 1.44. The Balaban J connectivity index is 1.91. The number of ketones is 1. The fraction of sp³-hybridized carbons (Fsp3) is 0.357. The molecule has 1 fully saturated rings. The summed E-state index contributed by atoms with van der Waals surface area (Å²) in [5.74, 6) is 0.132. The Morgan fingerprint density at radius 3 is 2.79 bits per heavy atom. The zero-order chi connectivity index (χ0) is 13.4. The van der Waals surface area contributed by atoms with Crippen LogP contribution in [-0.4, -0.2) is 21.5 Å². The van der Waals surface area contributed by atoms with E-state index in [1.54, 1.807) is 18.3 Å². The summed E-state index contributed by atoms with van der Waals surface area (Å²) in [5.41, 5.74) is 7.14. The molecule has 0 radical (unpaired) electrons. The number of carbonyl (C=O) groups is 2. The van der Waals surface area contributed by atoms with Gasteiger partial charge in [0.2, 0.25) is 0 Å². The van der Waals surface area contributed by atoms with Crippen molar-refractivity contribution in [3.63, 3.8) is 0 Å². The van der Waals surface area contributed by atoms with Crippen molar-refractivity contribution in [1.29, 1.82) is 0 Å². The Hall–Kier alpha value is -2.17. The van der Waals surface area contributed by atoms with Gasteiger partial charge in [-0.25, -0.2) is 0 Å². The monoisotopic (exact) mass is 257 g/mol. The molecule has 0 atom stereocenters. The van der Waals surface area contributed by atoms with Crippen LogP contribution in [0, 0.1) is 5.92 Å². The number of benzene rings is 1. The van der Waals surface area contributed by atoms with E-state index >= 15 is 0 Å². The number of fused-ring (bicyclic) bond motifs is 1. The smallest absolute Gasteiger partial charge is 0.250 e. The molecule has 3 rings (SSSR count). The molecule has 0 saturated heterocycles. The quantitative estimate of drug-likeness (QED) is 0.793. The van der Waals surface area contributed by atoms with Crippen LogP contribution in [0.25, 0.3) is 10.9 Å². The normalized spacial score (nSPS) is 16.9. The number of carbonyl (C=O) groups excluding carboxylic acids is 2. The summed E-state index contributed by atoms with van der Waals surface area (Å²) in [6, 6.07) is 5.37. The lowest BCUT2D eigenvalue weighted by Gasteiger charge is -2.19. The molecule has 2 aromatic rings. The minimum atomic E-state index is -0.0987. The van der Waals surface area contributed by atoms with Crippen molar-refractivity contribution in [1.82, 2.24) is 9.78 Å². The van der Waals surface area contributed by atoms with Crippen LogP contribution in [0.5, 0.6) is 0 Å². The second-order valence-corrected chi connectivity index (χ2v) is 5.03. The molecule has 1 aromatic carbocycles. The molecule has 1 heterocycles. The first-order valence-corrected chi connectivity index (χ1v) is 6.44. The van der Waals surface area contributed by atoms with E-state index in [-0.39, 0.29) is 17.6 Å². The maximum absolute atomic E-state index is 12.4. The zero-order valence-corrected chi connectivity index (χ0v) is 10.5. The van der Waals surface area contributed by atoms with Gasteiger partial charge in [-0.3, -0.25) is 9.59 Å². The Bertz CT molecular complexity index is 650. The van der Waals surface area contributed by atoms with Crippen LogP contribution in [-0.2, 0) is 4.79 Å². The van der Waals surface area contributed by atoms with E-state index in [4.69, 9.17) is 5.73 Å². The summed E-state index contributed by atoms with van der Waals surface area (Å²) in [7, 11) is 0. The third-order valence-electron chi connectivity index (χ3n) is 3.69. The summed E-state index contributed by atoms with van der Waals surface area (Å²) >= 11 is 0. The molecule has 98 valence electrons. The second kappa shape index (κ2) is 4.50. The van der Waals surface area contributed by atoms with Gasteiger partial charge in [-0.1, -0.05) is 0 Å². The van der Waals surface area contributed by atoms with Crippen molar-refractivity contribution < 1.29 is 9.59 Å². The summed E-state index contributed by atoms with van der Waals surface area (Å²) in [4.78, 5) is 23.6. The fourth-order valence-corrected chi connectivity index (χ4v) is 2.59. The van der Waals surface area contributed by atoms with Gasteiger partial charge in [0, 0.05) is 29.8 Å². The fourth-order valence-electron chi connectivity index (χ4n) is 2.59. The van der Waals surface area contributed by atoms with Crippen LogP contribution in [0.15, 0.2) is 24.4 Å². The molecule has 1 aromatic heterocycles. The Morgan fingerprint density at radius 2 is 2.05 bits per heavy atom. The van der Waals surface area contributed by atoms with E-state index in [1.807, 2.05) is 6.07 Å². The average molecular weight is 257 g/mol. The first kappa shape index (κ1) is 11.9. The maximum atomic E-state index is 12.4. The topological polar surface area (TPSA) is 78.0 Å². The predicted octanol–water partition coefficient (Wildman–Crippen LogP) is 2.02. The molecule has 1 aliphatic carbocycles. The predicted molar refractivity (Wildman–Crippen MR) is 71.7 cm³/mol. The van der Waals surface area contributed by atoms with Crippen molar-refractivity contribution in [3.8, 4) is 0 Å². The van der Waals surface area contributed by atoms with Gasteiger partial charge in [0.05, 0.1) is 11.7 Å². The van der Waals surface area contributed by atoms with Gasteiger partial charge >= 0.3 is 0 Å². The number of Topliss-reactive ketones (excluding diaryl/α,β-unsaturated/α-hetero) is 1. The lowest BCUT2D eigenvalue weighted by atomic mass is 9.88. The average Bonchev–Trinajstić information content (AvgIpc) is 2.81. The van der Waals surface area contributed by atoms with Crippen molar-refractivity contribution >= 4 is 28.3 Å². The highest BCUT2D eigenvalue weighted by Crippen LogP contribution is 2.25. The summed E-state index contributed by atoms with van der Waals surface area (Å²) in [6.45, 7) is 0. The molecule has 2 N–H and O–H groups in total. The first-order chi connectivity index (χ1) is 9.15. The van der Waals surface area contributed by atoms with E-state index < -0.39 is 0 Å². The van der Waals surface area contributed by atoms with Crippen LogP contribution < -0.4 is 5.73 Å².